The molecule has 7 nitrogen and oxygen atoms in total. The van der Waals surface area contributed by atoms with Gasteiger partial charge in [0, 0.05) is 43.2 Å². The molecule has 2 aromatic heterocycles. The number of likely N-dealkylation sites (tertiary alicyclic amines) is 1. The smallest absolute Gasteiger partial charge is 0.246 e. The van der Waals surface area contributed by atoms with Crippen molar-refractivity contribution in [1.29, 1.82) is 0 Å². The van der Waals surface area contributed by atoms with Gasteiger partial charge in [-0.05, 0) is 58.3 Å². The third-order valence-electron chi connectivity index (χ3n) is 5.02. The Bertz CT molecular complexity index is 843. The Kier molecular flexibility index (Phi) is 7.30. The van der Waals surface area contributed by atoms with Crippen molar-refractivity contribution in [2.45, 2.75) is 26.2 Å². The number of pyridine rings is 1. The molecule has 1 N–H and O–H groups in total. The fraction of sp³-hybridized carbons (Fsp3) is 0.455. The van der Waals surface area contributed by atoms with Crippen molar-refractivity contribution in [3.63, 3.8) is 0 Å². The Labute approximate surface area is 172 Å². The summed E-state index contributed by atoms with van der Waals surface area (Å²) in [7, 11) is 3.98. The summed E-state index contributed by atoms with van der Waals surface area (Å²) in [4.78, 5) is 29.4. The largest absolute Gasteiger partial charge is 0.339 e. The van der Waals surface area contributed by atoms with Gasteiger partial charge in [-0.3, -0.25) is 4.79 Å². The zero-order valence-electron chi connectivity index (χ0n) is 17.5. The normalized spacial score (nSPS) is 15.2. The number of nitrogens with zero attached hydrogens (tertiary/aromatic N) is 5. The van der Waals surface area contributed by atoms with Crippen LogP contribution < -0.4 is 5.32 Å². The number of amides is 1. The molecular formula is C22H30N6O. The Hall–Kier alpha value is -2.80. The van der Waals surface area contributed by atoms with Crippen LogP contribution in [0.25, 0.3) is 0 Å². The number of carbonyl (C=O) groups is 1. The molecule has 1 fully saturated rings. The van der Waals surface area contributed by atoms with E-state index in [1.807, 2.05) is 61.2 Å². The average Bonchev–Trinajstić information content (AvgIpc) is 2.68. The first kappa shape index (κ1) is 20.9. The van der Waals surface area contributed by atoms with Crippen molar-refractivity contribution in [2.24, 2.45) is 5.92 Å². The number of hydrogen-bond donors (Lipinski definition) is 1. The van der Waals surface area contributed by atoms with E-state index >= 15 is 0 Å². The number of piperidine rings is 1. The fourth-order valence-electron chi connectivity index (χ4n) is 3.44. The van der Waals surface area contributed by atoms with Gasteiger partial charge in [-0.1, -0.05) is 12.1 Å². The second-order valence-corrected chi connectivity index (χ2v) is 7.82. The molecule has 0 spiro atoms. The summed E-state index contributed by atoms with van der Waals surface area (Å²) >= 11 is 0. The molecule has 2 aromatic rings. The number of carbonyl (C=O) groups excluding carboxylic acids is 1. The summed E-state index contributed by atoms with van der Waals surface area (Å²) < 4.78 is 0. The van der Waals surface area contributed by atoms with E-state index in [0.29, 0.717) is 5.92 Å². The van der Waals surface area contributed by atoms with E-state index in [-0.39, 0.29) is 5.91 Å². The van der Waals surface area contributed by atoms with Crippen LogP contribution in [-0.2, 0) is 11.2 Å². The molecule has 3 rings (SSSR count). The highest BCUT2D eigenvalue weighted by molar-refractivity contribution is 5.87. The van der Waals surface area contributed by atoms with Crippen LogP contribution in [0, 0.1) is 12.8 Å². The lowest BCUT2D eigenvalue weighted by Gasteiger charge is -2.31. The van der Waals surface area contributed by atoms with E-state index < -0.39 is 0 Å². The van der Waals surface area contributed by atoms with Crippen molar-refractivity contribution >= 4 is 17.5 Å². The number of aryl methyl sites for hydroxylation is 1. The molecule has 0 aromatic carbocycles. The predicted molar refractivity (Wildman–Crippen MR) is 115 cm³/mol. The highest BCUT2D eigenvalue weighted by Crippen LogP contribution is 2.22. The SMILES string of the molecule is Cc1cccc(Nc2cc(CC3CCN(C(=O)/C=C/CN(C)C)CC3)ncn2)n1. The fourth-order valence-corrected chi connectivity index (χ4v) is 3.44. The molecule has 7 heteroatoms. The lowest BCUT2D eigenvalue weighted by molar-refractivity contribution is -0.127. The summed E-state index contributed by atoms with van der Waals surface area (Å²) in [5, 5.41) is 3.25. The number of aromatic nitrogens is 3. The molecule has 0 bridgehead atoms. The highest BCUT2D eigenvalue weighted by Gasteiger charge is 2.22. The lowest BCUT2D eigenvalue weighted by atomic mass is 9.92. The number of anilines is 2. The maximum Gasteiger partial charge on any atom is 0.246 e. The average molecular weight is 395 g/mol. The van der Waals surface area contributed by atoms with Crippen LogP contribution >= 0.6 is 0 Å². The first-order chi connectivity index (χ1) is 14.0. The molecule has 1 saturated heterocycles. The minimum atomic E-state index is 0.115. The van der Waals surface area contributed by atoms with Gasteiger partial charge in [0.05, 0.1) is 0 Å². The van der Waals surface area contributed by atoms with Crippen molar-refractivity contribution in [3.05, 3.63) is 54.1 Å². The summed E-state index contributed by atoms with van der Waals surface area (Å²) in [6.45, 7) is 4.36. The third kappa shape index (κ3) is 6.64. The Morgan fingerprint density at radius 2 is 2.03 bits per heavy atom. The molecule has 3 heterocycles. The second kappa shape index (κ2) is 10.1. The minimum Gasteiger partial charge on any atom is -0.339 e. The quantitative estimate of drug-likeness (QED) is 0.728. The molecule has 1 aliphatic heterocycles. The Morgan fingerprint density at radius 1 is 1.24 bits per heavy atom. The van der Waals surface area contributed by atoms with Crippen molar-refractivity contribution < 1.29 is 4.79 Å². The van der Waals surface area contributed by atoms with E-state index in [9.17, 15) is 4.79 Å². The van der Waals surface area contributed by atoms with Crippen LogP contribution in [0.15, 0.2) is 42.7 Å². The minimum absolute atomic E-state index is 0.115. The number of hydrogen-bond acceptors (Lipinski definition) is 6. The molecule has 1 amide bonds. The molecule has 0 saturated carbocycles. The van der Waals surface area contributed by atoms with Gasteiger partial charge >= 0.3 is 0 Å². The molecular weight excluding hydrogens is 364 g/mol. The van der Waals surface area contributed by atoms with E-state index in [4.69, 9.17) is 0 Å². The van der Waals surface area contributed by atoms with E-state index in [2.05, 4.69) is 20.3 Å². The Morgan fingerprint density at radius 3 is 2.76 bits per heavy atom. The van der Waals surface area contributed by atoms with Gasteiger partial charge in [-0.2, -0.15) is 0 Å². The first-order valence-electron chi connectivity index (χ1n) is 10.1. The van der Waals surface area contributed by atoms with Crippen LogP contribution in [-0.4, -0.2) is 64.4 Å². The van der Waals surface area contributed by atoms with Crippen molar-refractivity contribution in [2.75, 3.05) is 39.0 Å². The number of likely N-dealkylation sites (N-methyl/N-ethyl adjacent to an activating group) is 1. The van der Waals surface area contributed by atoms with Crippen LogP contribution in [0.1, 0.15) is 24.2 Å². The van der Waals surface area contributed by atoms with Gasteiger partial charge in [0.15, 0.2) is 0 Å². The molecule has 0 aliphatic carbocycles. The zero-order valence-corrected chi connectivity index (χ0v) is 17.5. The van der Waals surface area contributed by atoms with Crippen molar-refractivity contribution in [3.8, 4) is 0 Å². The molecule has 154 valence electrons. The maximum absolute atomic E-state index is 12.3. The van der Waals surface area contributed by atoms with Crippen LogP contribution in [0.3, 0.4) is 0 Å². The summed E-state index contributed by atoms with van der Waals surface area (Å²) in [6.07, 6.45) is 8.12. The molecule has 29 heavy (non-hydrogen) atoms. The lowest BCUT2D eigenvalue weighted by Crippen LogP contribution is -2.38. The van der Waals surface area contributed by atoms with Gasteiger partial charge < -0.3 is 15.1 Å². The highest BCUT2D eigenvalue weighted by atomic mass is 16.2. The van der Waals surface area contributed by atoms with Gasteiger partial charge in [0.25, 0.3) is 0 Å². The van der Waals surface area contributed by atoms with Crippen LogP contribution in [0.5, 0.6) is 0 Å². The summed E-state index contributed by atoms with van der Waals surface area (Å²) in [6, 6.07) is 7.85. The zero-order chi connectivity index (χ0) is 20.6. The van der Waals surface area contributed by atoms with E-state index in [0.717, 1.165) is 61.9 Å². The summed E-state index contributed by atoms with van der Waals surface area (Å²) in [5.41, 5.74) is 1.98. The molecule has 1 aliphatic rings. The van der Waals surface area contributed by atoms with Crippen LogP contribution in [0.4, 0.5) is 11.6 Å². The topological polar surface area (TPSA) is 74.2 Å². The van der Waals surface area contributed by atoms with E-state index in [1.165, 1.54) is 0 Å². The first-order valence-corrected chi connectivity index (χ1v) is 10.1. The molecule has 0 atom stereocenters. The number of rotatable bonds is 7. The Balaban J connectivity index is 1.50. The van der Waals surface area contributed by atoms with Gasteiger partial charge in [-0.15, -0.1) is 0 Å². The van der Waals surface area contributed by atoms with Gasteiger partial charge in [-0.25, -0.2) is 15.0 Å². The standard InChI is InChI=1S/C22H30N6O/c1-17-6-4-7-20(25-17)26-21-15-19(23-16-24-21)14-18-9-12-28(13-10-18)22(29)8-5-11-27(2)3/h4-8,15-16,18H,9-14H2,1-3H3,(H,23,24,25,26)/b8-5+. The number of nitrogens with one attached hydrogen (secondary N) is 1. The monoisotopic (exact) mass is 394 g/mol. The van der Waals surface area contributed by atoms with Gasteiger partial charge in [0.2, 0.25) is 5.91 Å². The maximum atomic E-state index is 12.3. The van der Waals surface area contributed by atoms with Crippen molar-refractivity contribution in [1.82, 2.24) is 24.8 Å². The second-order valence-electron chi connectivity index (χ2n) is 7.82. The van der Waals surface area contributed by atoms with E-state index in [1.54, 1.807) is 12.4 Å². The van der Waals surface area contributed by atoms with Gasteiger partial charge in [0.1, 0.15) is 18.0 Å². The predicted octanol–water partition coefficient (Wildman–Crippen LogP) is 2.82. The molecule has 0 unspecified atom stereocenters. The third-order valence-corrected chi connectivity index (χ3v) is 5.02. The van der Waals surface area contributed by atoms with Crippen LogP contribution in [0.2, 0.25) is 0 Å². The molecule has 0 radical (unpaired) electrons. The summed E-state index contributed by atoms with van der Waals surface area (Å²) in [5.74, 6) is 2.18.